The van der Waals surface area contributed by atoms with Gasteiger partial charge in [0.15, 0.2) is 0 Å². The first-order valence-corrected chi connectivity index (χ1v) is 8.18. The van der Waals surface area contributed by atoms with E-state index in [1.54, 1.807) is 5.57 Å². The third-order valence-corrected chi connectivity index (χ3v) is 4.53. The molecule has 0 fully saturated rings. The van der Waals surface area contributed by atoms with Crippen LogP contribution in [0.4, 0.5) is 0 Å². The van der Waals surface area contributed by atoms with E-state index in [2.05, 4.69) is 68.4 Å². The lowest BCUT2D eigenvalue weighted by Crippen LogP contribution is -2.23. The number of hydrogen-bond acceptors (Lipinski definition) is 1. The molecule has 0 saturated heterocycles. The van der Waals surface area contributed by atoms with E-state index in [-0.39, 0.29) is 0 Å². The van der Waals surface area contributed by atoms with Gasteiger partial charge in [-0.25, -0.2) is 0 Å². The highest BCUT2D eigenvalue weighted by atomic mass is 79.9. The first-order chi connectivity index (χ1) is 8.72. The van der Waals surface area contributed by atoms with Crippen molar-refractivity contribution in [3.05, 3.63) is 44.4 Å². The van der Waals surface area contributed by atoms with E-state index >= 15 is 0 Å². The molecule has 1 nitrogen and oxygen atoms in total. The van der Waals surface area contributed by atoms with E-state index in [1.165, 1.54) is 29.3 Å². The Labute approximate surface area is 126 Å². The molecule has 0 heterocycles. The molecule has 0 aliphatic heterocycles. The molecule has 1 aliphatic rings. The smallest absolute Gasteiger partial charge is 0.0547 e. The molecule has 0 spiro atoms. The van der Waals surface area contributed by atoms with Crippen LogP contribution in [0.25, 0.3) is 0 Å². The van der Waals surface area contributed by atoms with Crippen LogP contribution < -0.4 is 5.32 Å². The lowest BCUT2D eigenvalue weighted by atomic mass is 9.98. The van der Waals surface area contributed by atoms with Crippen LogP contribution in [0.3, 0.4) is 0 Å². The van der Waals surface area contributed by atoms with Gasteiger partial charge in [-0.05, 0) is 56.0 Å². The second kappa shape index (κ2) is 6.88. The van der Waals surface area contributed by atoms with Crippen molar-refractivity contribution in [3.63, 3.8) is 0 Å². The molecule has 1 unspecified atom stereocenters. The van der Waals surface area contributed by atoms with Crippen LogP contribution in [0.15, 0.2) is 38.8 Å². The minimum Gasteiger partial charge on any atom is -0.306 e. The van der Waals surface area contributed by atoms with Gasteiger partial charge in [0, 0.05) is 8.95 Å². The van der Waals surface area contributed by atoms with E-state index in [0.717, 1.165) is 17.4 Å². The molecular formula is C15H19Br2N. The molecule has 3 heteroatoms. The predicted octanol–water partition coefficient (Wildman–Crippen LogP) is 5.36. The molecule has 1 aromatic rings. The summed E-state index contributed by atoms with van der Waals surface area (Å²) in [6, 6.07) is 6.78. The lowest BCUT2D eigenvalue weighted by Gasteiger charge is -2.22. The summed E-state index contributed by atoms with van der Waals surface area (Å²) in [6.45, 7) is 3.27. The molecule has 18 heavy (non-hydrogen) atoms. The zero-order valence-corrected chi connectivity index (χ0v) is 13.9. The Morgan fingerprint density at radius 2 is 2.17 bits per heavy atom. The van der Waals surface area contributed by atoms with Crippen molar-refractivity contribution in [1.82, 2.24) is 5.32 Å². The number of halogens is 2. The van der Waals surface area contributed by atoms with Gasteiger partial charge in [-0.2, -0.15) is 0 Å². The Bertz CT molecular complexity index is 440. The Hall–Kier alpha value is -0.120. The molecule has 1 aromatic carbocycles. The maximum Gasteiger partial charge on any atom is 0.0547 e. The molecule has 98 valence electrons. The van der Waals surface area contributed by atoms with E-state index in [1.807, 2.05) is 0 Å². The van der Waals surface area contributed by atoms with Gasteiger partial charge in [-0.3, -0.25) is 0 Å². The third-order valence-electron chi connectivity index (χ3n) is 3.31. The van der Waals surface area contributed by atoms with E-state index in [9.17, 15) is 0 Å². The van der Waals surface area contributed by atoms with Gasteiger partial charge in [0.2, 0.25) is 0 Å². The predicted molar refractivity (Wildman–Crippen MR) is 84.8 cm³/mol. The molecule has 0 aromatic heterocycles. The average Bonchev–Trinajstić information content (AvgIpc) is 2.88. The van der Waals surface area contributed by atoms with Crippen molar-refractivity contribution in [2.24, 2.45) is 0 Å². The molecule has 0 amide bonds. The van der Waals surface area contributed by atoms with Crippen LogP contribution >= 0.6 is 31.9 Å². The van der Waals surface area contributed by atoms with Crippen molar-refractivity contribution < 1.29 is 0 Å². The minimum atomic E-state index is 0.360. The van der Waals surface area contributed by atoms with Crippen LogP contribution in [-0.2, 0) is 0 Å². The zero-order chi connectivity index (χ0) is 13.0. The molecular weight excluding hydrogens is 354 g/mol. The van der Waals surface area contributed by atoms with Gasteiger partial charge in [0.25, 0.3) is 0 Å². The lowest BCUT2D eigenvalue weighted by molar-refractivity contribution is 0.577. The summed E-state index contributed by atoms with van der Waals surface area (Å²) >= 11 is 7.26. The highest BCUT2D eigenvalue weighted by Gasteiger charge is 2.20. The van der Waals surface area contributed by atoms with E-state index < -0.39 is 0 Å². The summed E-state index contributed by atoms with van der Waals surface area (Å²) in [5.74, 6) is 0. The summed E-state index contributed by atoms with van der Waals surface area (Å²) < 4.78 is 2.33. The number of hydrogen-bond donors (Lipinski definition) is 1. The van der Waals surface area contributed by atoms with Crippen molar-refractivity contribution in [1.29, 1.82) is 0 Å². The molecule has 0 bridgehead atoms. The zero-order valence-electron chi connectivity index (χ0n) is 10.7. The number of benzene rings is 1. The first-order valence-electron chi connectivity index (χ1n) is 6.59. The fraction of sp³-hybridized carbons (Fsp3) is 0.467. The van der Waals surface area contributed by atoms with E-state index in [4.69, 9.17) is 0 Å². The summed E-state index contributed by atoms with van der Waals surface area (Å²) in [6.07, 6.45) is 7.31. The molecule has 1 atom stereocenters. The standard InChI is InChI=1S/C15H19Br2N/c1-2-9-18-15(11-5-3-4-6-11)13-10-12(16)7-8-14(13)17/h5,7-8,10,15,18H,2-4,6,9H2,1H3. The highest BCUT2D eigenvalue weighted by molar-refractivity contribution is 9.11. The average molecular weight is 373 g/mol. The first kappa shape index (κ1) is 14.3. The van der Waals surface area contributed by atoms with Crippen LogP contribution in [0.2, 0.25) is 0 Å². The fourth-order valence-electron chi connectivity index (χ4n) is 2.42. The molecule has 0 saturated carbocycles. The van der Waals surface area contributed by atoms with Gasteiger partial charge in [-0.15, -0.1) is 0 Å². The second-order valence-electron chi connectivity index (χ2n) is 4.72. The SMILES string of the molecule is CCCNC(C1=CCCC1)c1cc(Br)ccc1Br. The monoisotopic (exact) mass is 371 g/mol. The normalized spacial score (nSPS) is 16.7. The summed E-state index contributed by atoms with van der Waals surface area (Å²) in [4.78, 5) is 0. The maximum atomic E-state index is 3.68. The topological polar surface area (TPSA) is 12.0 Å². The Balaban J connectivity index is 2.29. The Morgan fingerprint density at radius 3 is 2.83 bits per heavy atom. The molecule has 1 aliphatic carbocycles. The van der Waals surface area contributed by atoms with Gasteiger partial charge in [-0.1, -0.05) is 50.4 Å². The maximum absolute atomic E-state index is 3.68. The molecule has 0 radical (unpaired) electrons. The van der Waals surface area contributed by atoms with Gasteiger partial charge < -0.3 is 5.32 Å². The minimum absolute atomic E-state index is 0.360. The van der Waals surface area contributed by atoms with Crippen LogP contribution in [-0.4, -0.2) is 6.54 Å². The van der Waals surface area contributed by atoms with Gasteiger partial charge in [0.1, 0.15) is 0 Å². The fourth-order valence-corrected chi connectivity index (χ4v) is 3.28. The summed E-state index contributed by atoms with van der Waals surface area (Å²) in [5, 5.41) is 3.68. The van der Waals surface area contributed by atoms with Crippen molar-refractivity contribution >= 4 is 31.9 Å². The third kappa shape index (κ3) is 3.46. The number of rotatable bonds is 5. The van der Waals surface area contributed by atoms with Gasteiger partial charge in [0.05, 0.1) is 6.04 Å². The largest absolute Gasteiger partial charge is 0.306 e. The summed E-state index contributed by atoms with van der Waals surface area (Å²) in [5.41, 5.74) is 2.88. The van der Waals surface area contributed by atoms with Crippen LogP contribution in [0.5, 0.6) is 0 Å². The molecule has 2 rings (SSSR count). The van der Waals surface area contributed by atoms with Crippen molar-refractivity contribution in [3.8, 4) is 0 Å². The second-order valence-corrected chi connectivity index (χ2v) is 6.49. The van der Waals surface area contributed by atoms with Crippen molar-refractivity contribution in [2.75, 3.05) is 6.54 Å². The summed E-state index contributed by atoms with van der Waals surface area (Å²) in [7, 11) is 0. The van der Waals surface area contributed by atoms with Crippen LogP contribution in [0, 0.1) is 0 Å². The van der Waals surface area contributed by atoms with Crippen molar-refractivity contribution in [2.45, 2.75) is 38.6 Å². The highest BCUT2D eigenvalue weighted by Crippen LogP contribution is 2.35. The Morgan fingerprint density at radius 1 is 1.33 bits per heavy atom. The Kier molecular flexibility index (Phi) is 5.46. The number of nitrogens with one attached hydrogen (secondary N) is 1. The van der Waals surface area contributed by atoms with Gasteiger partial charge >= 0.3 is 0 Å². The quantitative estimate of drug-likeness (QED) is 0.685. The van der Waals surface area contributed by atoms with Crippen LogP contribution in [0.1, 0.15) is 44.2 Å². The molecule has 1 N–H and O–H groups in total. The van der Waals surface area contributed by atoms with E-state index in [0.29, 0.717) is 6.04 Å². The number of allylic oxidation sites excluding steroid dienone is 1.